The summed E-state index contributed by atoms with van der Waals surface area (Å²) in [6.45, 7) is 3.39. The molecule has 0 spiro atoms. The van der Waals surface area contributed by atoms with Gasteiger partial charge < -0.3 is 20.1 Å². The van der Waals surface area contributed by atoms with E-state index in [-0.39, 0.29) is 5.75 Å². The van der Waals surface area contributed by atoms with Crippen molar-refractivity contribution in [2.24, 2.45) is 0 Å². The minimum absolute atomic E-state index is 0.243. The van der Waals surface area contributed by atoms with E-state index < -0.39 is 0 Å². The molecule has 1 saturated heterocycles. The van der Waals surface area contributed by atoms with E-state index in [1.807, 2.05) is 30.3 Å². The second-order valence-corrected chi connectivity index (χ2v) is 7.18. The van der Waals surface area contributed by atoms with Crippen molar-refractivity contribution >= 4 is 29.1 Å². The van der Waals surface area contributed by atoms with Crippen LogP contribution >= 0.6 is 11.8 Å². The van der Waals surface area contributed by atoms with Crippen LogP contribution in [0, 0.1) is 0 Å². The molecule has 1 aliphatic heterocycles. The van der Waals surface area contributed by atoms with Gasteiger partial charge in [0.15, 0.2) is 0 Å². The number of anilines is 3. The lowest BCUT2D eigenvalue weighted by atomic mass is 10.2. The predicted molar refractivity (Wildman–Crippen MR) is 107 cm³/mol. The van der Waals surface area contributed by atoms with Crippen LogP contribution in [0.5, 0.6) is 5.75 Å². The summed E-state index contributed by atoms with van der Waals surface area (Å²) < 4.78 is 5.40. The smallest absolute Gasteiger partial charge is 0.228 e. The molecule has 2 N–H and O–H groups in total. The number of aromatic nitrogens is 2. The molecule has 0 saturated carbocycles. The number of benzene rings is 2. The summed E-state index contributed by atoms with van der Waals surface area (Å²) in [5, 5.41) is 13.6. The first kappa shape index (κ1) is 17.6. The summed E-state index contributed by atoms with van der Waals surface area (Å²) in [6, 6.07) is 17.2. The van der Waals surface area contributed by atoms with Crippen LogP contribution in [0.1, 0.15) is 0 Å². The van der Waals surface area contributed by atoms with Crippen molar-refractivity contribution in [1.29, 1.82) is 0 Å². The van der Waals surface area contributed by atoms with Crippen LogP contribution in [-0.4, -0.2) is 41.4 Å². The average Bonchev–Trinajstić information content (AvgIpc) is 2.70. The molecule has 1 fully saturated rings. The Labute approximate surface area is 162 Å². The second-order valence-electron chi connectivity index (χ2n) is 6.09. The summed E-state index contributed by atoms with van der Waals surface area (Å²) in [4.78, 5) is 12.1. The van der Waals surface area contributed by atoms with Gasteiger partial charge in [-0.1, -0.05) is 17.8 Å². The van der Waals surface area contributed by atoms with E-state index in [1.165, 1.54) is 17.4 Å². The van der Waals surface area contributed by atoms with E-state index in [2.05, 4.69) is 32.3 Å². The van der Waals surface area contributed by atoms with Gasteiger partial charge in [0.05, 0.1) is 13.2 Å². The number of morpholine rings is 1. The quantitative estimate of drug-likeness (QED) is 0.650. The summed E-state index contributed by atoms with van der Waals surface area (Å²) in [7, 11) is 0. The number of hydrogen-bond acceptors (Lipinski definition) is 7. The number of hydrogen-bond donors (Lipinski definition) is 2. The molecule has 0 amide bonds. The molecule has 138 valence electrons. The zero-order valence-electron chi connectivity index (χ0n) is 14.7. The third-order valence-corrected chi connectivity index (χ3v) is 5.10. The predicted octanol–water partition coefficient (Wildman–Crippen LogP) is 3.91. The van der Waals surface area contributed by atoms with Crippen molar-refractivity contribution in [3.8, 4) is 5.75 Å². The largest absolute Gasteiger partial charge is 0.508 e. The standard InChI is InChI=1S/C20H20N4O2S/c25-17-2-1-3-18(14-17)27-19-8-9-21-20(23-19)22-15-4-6-16(7-5-15)24-10-12-26-13-11-24/h1-9,14,25H,10-13H2,(H,21,22,23). The maximum absolute atomic E-state index is 9.59. The number of nitrogens with zero attached hydrogens (tertiary/aromatic N) is 3. The summed E-state index contributed by atoms with van der Waals surface area (Å²) in [5.41, 5.74) is 2.13. The summed E-state index contributed by atoms with van der Waals surface area (Å²) in [5.74, 6) is 0.784. The van der Waals surface area contributed by atoms with Crippen LogP contribution in [0.4, 0.5) is 17.3 Å². The van der Waals surface area contributed by atoms with Gasteiger partial charge in [-0.05, 0) is 48.5 Å². The molecule has 1 aliphatic rings. The molecule has 1 aromatic heterocycles. The topological polar surface area (TPSA) is 70.5 Å². The molecule has 0 radical (unpaired) electrons. The van der Waals surface area contributed by atoms with E-state index in [4.69, 9.17) is 4.74 Å². The van der Waals surface area contributed by atoms with Crippen LogP contribution < -0.4 is 10.2 Å². The van der Waals surface area contributed by atoms with E-state index in [9.17, 15) is 5.11 Å². The van der Waals surface area contributed by atoms with Crippen LogP contribution in [-0.2, 0) is 4.74 Å². The molecular weight excluding hydrogens is 360 g/mol. The van der Waals surface area contributed by atoms with Gasteiger partial charge in [-0.25, -0.2) is 9.97 Å². The fourth-order valence-electron chi connectivity index (χ4n) is 2.83. The van der Waals surface area contributed by atoms with Gasteiger partial charge in [0, 0.05) is 35.6 Å². The lowest BCUT2D eigenvalue weighted by Gasteiger charge is -2.28. The maximum atomic E-state index is 9.59. The lowest BCUT2D eigenvalue weighted by Crippen LogP contribution is -2.36. The van der Waals surface area contributed by atoms with Crippen molar-refractivity contribution in [2.45, 2.75) is 9.92 Å². The Bertz CT molecular complexity index is 898. The van der Waals surface area contributed by atoms with Gasteiger partial charge in [-0.2, -0.15) is 0 Å². The molecule has 3 aromatic rings. The highest BCUT2D eigenvalue weighted by Crippen LogP contribution is 2.29. The van der Waals surface area contributed by atoms with E-state index in [1.54, 1.807) is 18.3 Å². The number of ether oxygens (including phenoxy) is 1. The highest BCUT2D eigenvalue weighted by Gasteiger charge is 2.11. The van der Waals surface area contributed by atoms with Gasteiger partial charge in [0.1, 0.15) is 10.8 Å². The first-order chi connectivity index (χ1) is 13.3. The van der Waals surface area contributed by atoms with Crippen LogP contribution in [0.3, 0.4) is 0 Å². The normalized spacial score (nSPS) is 14.1. The summed E-state index contributed by atoms with van der Waals surface area (Å²) in [6.07, 6.45) is 1.72. The van der Waals surface area contributed by atoms with Crippen LogP contribution in [0.25, 0.3) is 0 Å². The summed E-state index contributed by atoms with van der Waals surface area (Å²) >= 11 is 1.48. The van der Waals surface area contributed by atoms with Gasteiger partial charge in [-0.3, -0.25) is 0 Å². The fraction of sp³-hybridized carbons (Fsp3) is 0.200. The molecule has 2 aromatic carbocycles. The Kier molecular flexibility index (Phi) is 5.41. The number of rotatable bonds is 5. The first-order valence-corrected chi connectivity index (χ1v) is 9.58. The maximum Gasteiger partial charge on any atom is 0.228 e. The SMILES string of the molecule is Oc1cccc(Sc2ccnc(Nc3ccc(N4CCOCC4)cc3)n2)c1. The molecule has 0 atom stereocenters. The minimum Gasteiger partial charge on any atom is -0.508 e. The van der Waals surface area contributed by atoms with Crippen molar-refractivity contribution in [1.82, 2.24) is 9.97 Å². The Hall–Kier alpha value is -2.77. The number of phenols is 1. The molecule has 0 aliphatic carbocycles. The Morgan fingerprint density at radius 1 is 1.04 bits per heavy atom. The van der Waals surface area contributed by atoms with E-state index >= 15 is 0 Å². The van der Waals surface area contributed by atoms with Crippen molar-refractivity contribution < 1.29 is 9.84 Å². The minimum atomic E-state index is 0.243. The Morgan fingerprint density at radius 2 is 1.85 bits per heavy atom. The fourth-order valence-corrected chi connectivity index (χ4v) is 3.66. The molecular formula is C20H20N4O2S. The molecule has 7 heteroatoms. The molecule has 0 unspecified atom stereocenters. The van der Waals surface area contributed by atoms with Crippen LogP contribution in [0.2, 0.25) is 0 Å². The van der Waals surface area contributed by atoms with E-state index in [0.717, 1.165) is 41.9 Å². The third-order valence-electron chi connectivity index (χ3n) is 4.17. The highest BCUT2D eigenvalue weighted by molar-refractivity contribution is 7.99. The molecule has 0 bridgehead atoms. The van der Waals surface area contributed by atoms with E-state index in [0.29, 0.717) is 5.95 Å². The second kappa shape index (κ2) is 8.28. The van der Waals surface area contributed by atoms with Crippen LogP contribution in [0.15, 0.2) is 70.7 Å². The Morgan fingerprint density at radius 3 is 2.63 bits per heavy atom. The monoisotopic (exact) mass is 380 g/mol. The molecule has 6 nitrogen and oxygen atoms in total. The van der Waals surface area contributed by atoms with Gasteiger partial charge in [-0.15, -0.1) is 0 Å². The molecule has 27 heavy (non-hydrogen) atoms. The van der Waals surface area contributed by atoms with Crippen molar-refractivity contribution in [2.75, 3.05) is 36.5 Å². The number of aromatic hydroxyl groups is 1. The lowest BCUT2D eigenvalue weighted by molar-refractivity contribution is 0.122. The average molecular weight is 380 g/mol. The van der Waals surface area contributed by atoms with Crippen molar-refractivity contribution in [3.05, 3.63) is 60.8 Å². The van der Waals surface area contributed by atoms with Crippen molar-refractivity contribution in [3.63, 3.8) is 0 Å². The first-order valence-electron chi connectivity index (χ1n) is 8.76. The highest BCUT2D eigenvalue weighted by atomic mass is 32.2. The zero-order valence-corrected chi connectivity index (χ0v) is 15.5. The zero-order chi connectivity index (χ0) is 18.5. The molecule has 2 heterocycles. The van der Waals surface area contributed by atoms with Gasteiger partial charge in [0.25, 0.3) is 0 Å². The van der Waals surface area contributed by atoms with Gasteiger partial charge >= 0.3 is 0 Å². The molecule has 4 rings (SSSR count). The number of nitrogens with one attached hydrogen (secondary N) is 1. The van der Waals surface area contributed by atoms with Gasteiger partial charge in [0.2, 0.25) is 5.95 Å². The third kappa shape index (κ3) is 4.69. The Balaban J connectivity index is 1.43. The number of phenolic OH excluding ortho intramolecular Hbond substituents is 1.